The number of methoxy groups -OCH3 is 1. The maximum absolute atomic E-state index is 13.0. The molecule has 1 atom stereocenters. The van der Waals surface area contributed by atoms with Gasteiger partial charge < -0.3 is 10.1 Å². The summed E-state index contributed by atoms with van der Waals surface area (Å²) in [6.45, 7) is 0. The van der Waals surface area contributed by atoms with Crippen molar-refractivity contribution in [3.05, 3.63) is 88.2 Å². The van der Waals surface area contributed by atoms with Crippen LogP contribution in [0.25, 0.3) is 0 Å². The van der Waals surface area contributed by atoms with Crippen LogP contribution in [-0.4, -0.2) is 34.8 Å². The van der Waals surface area contributed by atoms with Crippen LogP contribution < -0.4 is 5.32 Å². The van der Waals surface area contributed by atoms with Gasteiger partial charge in [-0.3, -0.25) is 9.48 Å². The fraction of sp³-hybridized carbons (Fsp3) is 0.261. The van der Waals surface area contributed by atoms with Crippen molar-refractivity contribution in [3.8, 4) is 0 Å². The number of hydrogen-bond donors (Lipinski definition) is 1. The van der Waals surface area contributed by atoms with Gasteiger partial charge in [-0.05, 0) is 41.7 Å². The van der Waals surface area contributed by atoms with Crippen LogP contribution in [0.1, 0.15) is 43.1 Å². The van der Waals surface area contributed by atoms with Gasteiger partial charge >= 0.3 is 5.97 Å². The van der Waals surface area contributed by atoms with Gasteiger partial charge in [0.2, 0.25) is 0 Å². The highest BCUT2D eigenvalue weighted by Crippen LogP contribution is 2.24. The first kappa shape index (κ1) is 18.9. The number of rotatable bonds is 5. The summed E-state index contributed by atoms with van der Waals surface area (Å²) in [6.07, 6.45) is 3.72. The molecule has 1 unspecified atom stereocenters. The molecule has 1 aliphatic rings. The van der Waals surface area contributed by atoms with Crippen molar-refractivity contribution < 1.29 is 14.3 Å². The summed E-state index contributed by atoms with van der Waals surface area (Å²) in [7, 11) is 3.23. The molecule has 1 amide bonds. The van der Waals surface area contributed by atoms with Crippen molar-refractivity contribution in [2.24, 2.45) is 7.05 Å². The number of benzene rings is 2. The highest BCUT2D eigenvalue weighted by Gasteiger charge is 2.26. The van der Waals surface area contributed by atoms with E-state index in [4.69, 9.17) is 4.74 Å². The maximum Gasteiger partial charge on any atom is 0.337 e. The Hall–Kier alpha value is -3.41. The summed E-state index contributed by atoms with van der Waals surface area (Å²) in [5, 5.41) is 7.43. The Morgan fingerprint density at radius 2 is 1.90 bits per heavy atom. The van der Waals surface area contributed by atoms with Gasteiger partial charge in [0.15, 0.2) is 0 Å². The highest BCUT2D eigenvalue weighted by atomic mass is 16.5. The van der Waals surface area contributed by atoms with Gasteiger partial charge in [0, 0.05) is 19.5 Å². The van der Waals surface area contributed by atoms with Crippen LogP contribution in [0.5, 0.6) is 0 Å². The Balaban J connectivity index is 1.47. The molecule has 6 nitrogen and oxygen atoms in total. The van der Waals surface area contributed by atoms with Crippen LogP contribution in [0.15, 0.2) is 54.7 Å². The molecule has 0 fully saturated rings. The molecular formula is C23H23N3O3. The summed E-state index contributed by atoms with van der Waals surface area (Å²) >= 11 is 0. The molecular weight excluding hydrogens is 366 g/mol. The first-order valence-electron chi connectivity index (χ1n) is 9.61. The number of carbonyl (C=O) groups excluding carboxylic acids is 2. The Morgan fingerprint density at radius 1 is 1.14 bits per heavy atom. The molecule has 1 heterocycles. The third-order valence-corrected chi connectivity index (χ3v) is 5.42. The van der Waals surface area contributed by atoms with Gasteiger partial charge in [-0.15, -0.1) is 0 Å². The third kappa shape index (κ3) is 3.92. The molecule has 6 heteroatoms. The second-order valence-electron chi connectivity index (χ2n) is 7.34. The van der Waals surface area contributed by atoms with Gasteiger partial charge in [-0.1, -0.05) is 36.4 Å². The first-order valence-corrected chi connectivity index (χ1v) is 9.61. The number of esters is 1. The lowest BCUT2D eigenvalue weighted by molar-refractivity contribution is 0.0600. The number of aryl methyl sites for hydroxylation is 1. The maximum atomic E-state index is 13.0. The third-order valence-electron chi connectivity index (χ3n) is 5.42. The van der Waals surface area contributed by atoms with Crippen LogP contribution in [0, 0.1) is 0 Å². The van der Waals surface area contributed by atoms with Crippen LogP contribution >= 0.6 is 0 Å². The lowest BCUT2D eigenvalue weighted by Gasteiger charge is -2.13. The minimum Gasteiger partial charge on any atom is -0.465 e. The first-order chi connectivity index (χ1) is 14.0. The quantitative estimate of drug-likeness (QED) is 0.681. The van der Waals surface area contributed by atoms with Crippen molar-refractivity contribution >= 4 is 11.9 Å². The number of fused-ring (bicyclic) bond motifs is 1. The van der Waals surface area contributed by atoms with Crippen molar-refractivity contribution in [1.29, 1.82) is 0 Å². The zero-order valence-corrected chi connectivity index (χ0v) is 16.5. The summed E-state index contributed by atoms with van der Waals surface area (Å²) in [6, 6.07) is 15.6. The highest BCUT2D eigenvalue weighted by molar-refractivity contribution is 5.95. The topological polar surface area (TPSA) is 73.2 Å². The fourth-order valence-corrected chi connectivity index (χ4v) is 3.88. The van der Waals surface area contributed by atoms with E-state index in [-0.39, 0.29) is 17.9 Å². The molecule has 0 bridgehead atoms. The molecule has 1 aromatic heterocycles. The van der Waals surface area contributed by atoms with Crippen LogP contribution in [0.4, 0.5) is 0 Å². The predicted molar refractivity (Wildman–Crippen MR) is 109 cm³/mol. The second-order valence-corrected chi connectivity index (χ2v) is 7.34. The van der Waals surface area contributed by atoms with E-state index in [1.54, 1.807) is 16.9 Å². The lowest BCUT2D eigenvalue weighted by Crippen LogP contribution is -2.35. The molecule has 0 aliphatic heterocycles. The minimum atomic E-state index is -0.346. The predicted octanol–water partition coefficient (Wildman–Crippen LogP) is 2.69. The Kier molecular flexibility index (Phi) is 5.16. The molecule has 0 saturated carbocycles. The Bertz CT molecular complexity index is 1060. The van der Waals surface area contributed by atoms with E-state index in [1.165, 1.54) is 7.11 Å². The van der Waals surface area contributed by atoms with Crippen molar-refractivity contribution in [2.45, 2.75) is 25.3 Å². The van der Waals surface area contributed by atoms with Gasteiger partial charge in [0.25, 0.3) is 5.91 Å². The van der Waals surface area contributed by atoms with Gasteiger partial charge in [-0.2, -0.15) is 5.10 Å². The molecule has 148 valence electrons. The van der Waals surface area contributed by atoms with Gasteiger partial charge in [0.05, 0.1) is 30.1 Å². The second kappa shape index (κ2) is 7.91. The number of amides is 1. The van der Waals surface area contributed by atoms with E-state index in [9.17, 15) is 9.59 Å². The average molecular weight is 389 g/mol. The number of nitrogens with one attached hydrogen (secondary N) is 1. The Labute approximate surface area is 169 Å². The van der Waals surface area contributed by atoms with Crippen molar-refractivity contribution in [2.75, 3.05) is 7.11 Å². The van der Waals surface area contributed by atoms with E-state index >= 15 is 0 Å². The fourth-order valence-electron chi connectivity index (χ4n) is 3.88. The molecule has 0 radical (unpaired) electrons. The van der Waals surface area contributed by atoms with E-state index in [0.29, 0.717) is 24.0 Å². The van der Waals surface area contributed by atoms with Crippen LogP contribution in [0.3, 0.4) is 0 Å². The molecule has 2 aromatic carbocycles. The summed E-state index contributed by atoms with van der Waals surface area (Å²) < 4.78 is 6.55. The van der Waals surface area contributed by atoms with Crippen molar-refractivity contribution in [3.63, 3.8) is 0 Å². The van der Waals surface area contributed by atoms with E-state index in [2.05, 4.69) is 10.4 Å². The van der Waals surface area contributed by atoms with E-state index < -0.39 is 0 Å². The van der Waals surface area contributed by atoms with Crippen LogP contribution in [0.2, 0.25) is 0 Å². The van der Waals surface area contributed by atoms with Crippen LogP contribution in [-0.2, 0) is 31.0 Å². The number of ether oxygens (including phenoxy) is 1. The summed E-state index contributed by atoms with van der Waals surface area (Å²) in [4.78, 5) is 24.7. The molecule has 3 aromatic rings. The SMILES string of the molecule is COC(=O)c1ccc2c(c1)CC(NC(=O)c1cnn(C)c1Cc1ccccc1)C2. The van der Waals surface area contributed by atoms with Gasteiger partial charge in [-0.25, -0.2) is 4.79 Å². The molecule has 0 spiro atoms. The van der Waals surface area contributed by atoms with Crippen molar-refractivity contribution in [1.82, 2.24) is 15.1 Å². The number of nitrogens with zero attached hydrogens (tertiary/aromatic N) is 2. The number of carbonyl (C=O) groups is 2. The van der Waals surface area contributed by atoms with E-state index in [1.807, 2.05) is 49.5 Å². The van der Waals surface area contributed by atoms with Gasteiger partial charge in [0.1, 0.15) is 0 Å². The largest absolute Gasteiger partial charge is 0.465 e. The zero-order valence-electron chi connectivity index (χ0n) is 16.5. The molecule has 1 aliphatic carbocycles. The minimum absolute atomic E-state index is 0.00446. The number of aromatic nitrogens is 2. The molecule has 0 saturated heterocycles. The average Bonchev–Trinajstić information content (AvgIpc) is 3.30. The van der Waals surface area contributed by atoms with E-state index in [0.717, 1.165) is 28.8 Å². The molecule has 4 rings (SSSR count). The summed E-state index contributed by atoms with van der Waals surface area (Å²) in [5.41, 5.74) is 5.39. The summed E-state index contributed by atoms with van der Waals surface area (Å²) in [5.74, 6) is -0.462. The molecule has 1 N–H and O–H groups in total. The standard InChI is InChI=1S/C23H23N3O3/c1-26-21(10-15-6-4-3-5-7-15)20(14-24-26)22(27)25-19-12-16-8-9-17(23(28)29-2)11-18(16)13-19/h3-9,11,14,19H,10,12-13H2,1-2H3,(H,25,27). The number of hydrogen-bond acceptors (Lipinski definition) is 4. The zero-order chi connectivity index (χ0) is 20.4. The normalized spacial score (nSPS) is 15.0. The Morgan fingerprint density at radius 3 is 2.66 bits per heavy atom. The monoisotopic (exact) mass is 389 g/mol. The smallest absolute Gasteiger partial charge is 0.337 e. The molecule has 29 heavy (non-hydrogen) atoms. The lowest BCUT2D eigenvalue weighted by atomic mass is 10.1.